The van der Waals surface area contributed by atoms with Crippen molar-refractivity contribution in [3.8, 4) is 0 Å². The van der Waals surface area contributed by atoms with Gasteiger partial charge < -0.3 is 14.5 Å². The van der Waals surface area contributed by atoms with E-state index in [2.05, 4.69) is 15.5 Å². The zero-order valence-electron chi connectivity index (χ0n) is 10.0. The Kier molecular flexibility index (Phi) is 3.38. The van der Waals surface area contributed by atoms with E-state index in [0.29, 0.717) is 11.8 Å². The van der Waals surface area contributed by atoms with Gasteiger partial charge in [-0.3, -0.25) is 0 Å². The number of hydrogen-bond acceptors (Lipinski definition) is 5. The maximum Gasteiger partial charge on any atom is 0.221 e. The predicted molar refractivity (Wildman–Crippen MR) is 61.9 cm³/mol. The van der Waals surface area contributed by atoms with Crippen LogP contribution in [0.2, 0.25) is 0 Å². The first-order chi connectivity index (χ1) is 8.43. The van der Waals surface area contributed by atoms with Gasteiger partial charge >= 0.3 is 0 Å². The first kappa shape index (κ1) is 11.2. The summed E-state index contributed by atoms with van der Waals surface area (Å²) >= 11 is 0. The van der Waals surface area contributed by atoms with E-state index in [4.69, 9.17) is 9.15 Å². The molecule has 3 rings (SSSR count). The molecule has 0 amide bonds. The fraction of sp³-hybridized carbons (Fsp3) is 0.833. The van der Waals surface area contributed by atoms with Crippen LogP contribution >= 0.6 is 0 Å². The fourth-order valence-corrected chi connectivity index (χ4v) is 2.57. The molecule has 0 spiro atoms. The Morgan fingerprint density at radius 2 is 1.88 bits per heavy atom. The highest BCUT2D eigenvalue weighted by Gasteiger charge is 2.25. The molecular formula is C12H19N3O2. The molecular weight excluding hydrogens is 218 g/mol. The molecule has 2 atom stereocenters. The molecule has 0 bridgehead atoms. The van der Waals surface area contributed by atoms with Gasteiger partial charge in [-0.2, -0.15) is 0 Å². The third-order valence-electron chi connectivity index (χ3n) is 3.61. The van der Waals surface area contributed by atoms with Gasteiger partial charge in [0.15, 0.2) is 0 Å². The molecule has 2 aliphatic heterocycles. The molecule has 0 saturated carbocycles. The summed E-state index contributed by atoms with van der Waals surface area (Å²) in [6.45, 7) is 3.66. The minimum absolute atomic E-state index is 0.307. The summed E-state index contributed by atoms with van der Waals surface area (Å²) in [6.07, 6.45) is 4.53. The van der Waals surface area contributed by atoms with Crippen LogP contribution in [0.1, 0.15) is 49.3 Å². The molecule has 5 nitrogen and oxygen atoms in total. The maximum absolute atomic E-state index is 5.82. The lowest BCUT2D eigenvalue weighted by Gasteiger charge is -2.20. The van der Waals surface area contributed by atoms with E-state index in [-0.39, 0.29) is 0 Å². The lowest BCUT2D eigenvalue weighted by molar-refractivity contribution is 0.0719. The van der Waals surface area contributed by atoms with Crippen molar-refractivity contribution in [1.29, 1.82) is 0 Å². The average Bonchev–Trinajstić information content (AvgIpc) is 2.90. The zero-order chi connectivity index (χ0) is 11.5. The number of nitrogens with zero attached hydrogens (tertiary/aromatic N) is 2. The largest absolute Gasteiger partial charge is 0.425 e. The molecule has 1 aromatic heterocycles. The van der Waals surface area contributed by atoms with Crippen LogP contribution in [0.15, 0.2) is 4.42 Å². The second kappa shape index (κ2) is 5.14. The minimum Gasteiger partial charge on any atom is -0.425 e. The summed E-state index contributed by atoms with van der Waals surface area (Å²) < 4.78 is 11.3. The standard InChI is InChI=1S/C12H19N3O2/c1-3-9(7-13-5-1)11-14-15-12(17-11)10-4-2-6-16-8-10/h9-10,13H,1-8H2. The van der Waals surface area contributed by atoms with E-state index in [9.17, 15) is 0 Å². The lowest BCUT2D eigenvalue weighted by Crippen LogP contribution is -2.28. The Balaban J connectivity index is 1.68. The number of hydrogen-bond donors (Lipinski definition) is 1. The van der Waals surface area contributed by atoms with Crippen LogP contribution in [-0.2, 0) is 4.74 Å². The van der Waals surface area contributed by atoms with Gasteiger partial charge in [-0.15, -0.1) is 10.2 Å². The smallest absolute Gasteiger partial charge is 0.221 e. The lowest BCUT2D eigenvalue weighted by atomic mass is 10.00. The molecule has 0 radical (unpaired) electrons. The Bertz CT molecular complexity index is 322. The molecule has 5 heteroatoms. The second-order valence-corrected chi connectivity index (χ2v) is 4.94. The Hall–Kier alpha value is -0.940. The van der Waals surface area contributed by atoms with Crippen molar-refractivity contribution in [3.05, 3.63) is 11.8 Å². The highest BCUT2D eigenvalue weighted by Crippen LogP contribution is 2.27. The third kappa shape index (κ3) is 2.50. The summed E-state index contributed by atoms with van der Waals surface area (Å²) in [5.74, 6) is 2.28. The van der Waals surface area contributed by atoms with Crippen LogP contribution in [0, 0.1) is 0 Å². The Morgan fingerprint density at radius 3 is 2.59 bits per heavy atom. The normalized spacial score (nSPS) is 30.4. The number of rotatable bonds is 2. The molecule has 0 aromatic carbocycles. The summed E-state index contributed by atoms with van der Waals surface area (Å²) in [4.78, 5) is 0. The third-order valence-corrected chi connectivity index (χ3v) is 3.61. The topological polar surface area (TPSA) is 60.2 Å². The van der Waals surface area contributed by atoms with Crippen LogP contribution in [0.4, 0.5) is 0 Å². The molecule has 1 aromatic rings. The first-order valence-corrected chi connectivity index (χ1v) is 6.55. The van der Waals surface area contributed by atoms with Crippen LogP contribution < -0.4 is 5.32 Å². The van der Waals surface area contributed by atoms with Crippen LogP contribution in [0.5, 0.6) is 0 Å². The monoisotopic (exact) mass is 237 g/mol. The van der Waals surface area contributed by atoms with E-state index in [1.165, 1.54) is 6.42 Å². The molecule has 2 fully saturated rings. The van der Waals surface area contributed by atoms with Crippen LogP contribution in [0.25, 0.3) is 0 Å². The van der Waals surface area contributed by atoms with Crippen LogP contribution in [-0.4, -0.2) is 36.5 Å². The second-order valence-electron chi connectivity index (χ2n) is 4.94. The summed E-state index contributed by atoms with van der Waals surface area (Å²) in [7, 11) is 0. The van der Waals surface area contributed by atoms with E-state index >= 15 is 0 Å². The molecule has 94 valence electrons. The summed E-state index contributed by atoms with van der Waals surface area (Å²) in [5.41, 5.74) is 0. The van der Waals surface area contributed by atoms with Gasteiger partial charge in [0.05, 0.1) is 12.5 Å². The molecule has 0 aliphatic carbocycles. The number of ether oxygens (including phenoxy) is 1. The van der Waals surface area contributed by atoms with Crippen molar-refractivity contribution in [3.63, 3.8) is 0 Å². The molecule has 2 aliphatic rings. The molecule has 17 heavy (non-hydrogen) atoms. The van der Waals surface area contributed by atoms with Crippen molar-refractivity contribution in [2.75, 3.05) is 26.3 Å². The van der Waals surface area contributed by atoms with Crippen LogP contribution in [0.3, 0.4) is 0 Å². The van der Waals surface area contributed by atoms with Gasteiger partial charge in [-0.05, 0) is 32.2 Å². The summed E-state index contributed by atoms with van der Waals surface area (Å²) in [6, 6.07) is 0. The highest BCUT2D eigenvalue weighted by molar-refractivity contribution is 4.98. The van der Waals surface area contributed by atoms with Gasteiger partial charge in [0.1, 0.15) is 0 Å². The van der Waals surface area contributed by atoms with Crippen molar-refractivity contribution >= 4 is 0 Å². The van der Waals surface area contributed by atoms with Gasteiger partial charge in [0.2, 0.25) is 11.8 Å². The summed E-state index contributed by atoms with van der Waals surface area (Å²) in [5, 5.41) is 11.8. The number of nitrogens with one attached hydrogen (secondary N) is 1. The van der Waals surface area contributed by atoms with Crippen molar-refractivity contribution in [2.45, 2.75) is 37.5 Å². The van der Waals surface area contributed by atoms with E-state index in [1.807, 2.05) is 0 Å². The highest BCUT2D eigenvalue weighted by atomic mass is 16.5. The zero-order valence-corrected chi connectivity index (χ0v) is 10.0. The van der Waals surface area contributed by atoms with Gasteiger partial charge in [0, 0.05) is 19.1 Å². The van der Waals surface area contributed by atoms with Crippen molar-refractivity contribution in [2.24, 2.45) is 0 Å². The Labute approximate surface area is 101 Å². The molecule has 2 saturated heterocycles. The first-order valence-electron chi connectivity index (χ1n) is 6.55. The van der Waals surface area contributed by atoms with Gasteiger partial charge in [-0.25, -0.2) is 0 Å². The van der Waals surface area contributed by atoms with Gasteiger partial charge in [0.25, 0.3) is 0 Å². The van der Waals surface area contributed by atoms with Gasteiger partial charge in [-0.1, -0.05) is 0 Å². The minimum atomic E-state index is 0.307. The predicted octanol–water partition coefficient (Wildman–Crippen LogP) is 1.43. The fourth-order valence-electron chi connectivity index (χ4n) is 2.57. The van der Waals surface area contributed by atoms with E-state index in [1.54, 1.807) is 0 Å². The van der Waals surface area contributed by atoms with E-state index in [0.717, 1.165) is 57.3 Å². The molecule has 2 unspecified atom stereocenters. The SMILES string of the molecule is C1CNCC(c2nnc(C3CCCOC3)o2)C1. The van der Waals surface area contributed by atoms with Crippen molar-refractivity contribution < 1.29 is 9.15 Å². The number of aromatic nitrogens is 2. The quantitative estimate of drug-likeness (QED) is 0.843. The molecule has 3 heterocycles. The van der Waals surface area contributed by atoms with E-state index < -0.39 is 0 Å². The number of piperidine rings is 1. The Morgan fingerprint density at radius 1 is 1.06 bits per heavy atom. The molecule has 1 N–H and O–H groups in total. The maximum atomic E-state index is 5.82. The average molecular weight is 237 g/mol. The van der Waals surface area contributed by atoms with Crippen molar-refractivity contribution in [1.82, 2.24) is 15.5 Å².